The highest BCUT2D eigenvalue weighted by atomic mass is 19.1. The standard InChI is InChI=1S/C15H18FN3O3/c1-15(2,16)8-4-6-10-5-3-7-11(9-10)22-13-12(14(20)21)17-19-18-13/h3,5,7,9,12-13,17-19H,8H2,1-2H3,(H,20,21). The van der Waals surface area contributed by atoms with Gasteiger partial charge in [-0.05, 0) is 32.0 Å². The van der Waals surface area contributed by atoms with E-state index in [-0.39, 0.29) is 6.42 Å². The minimum atomic E-state index is -1.33. The molecule has 1 aromatic carbocycles. The first kappa shape index (κ1) is 16.2. The lowest BCUT2D eigenvalue weighted by molar-refractivity contribution is -0.141. The van der Waals surface area contributed by atoms with Crippen molar-refractivity contribution < 1.29 is 19.0 Å². The van der Waals surface area contributed by atoms with E-state index in [0.717, 1.165) is 0 Å². The average Bonchev–Trinajstić information content (AvgIpc) is 2.86. The van der Waals surface area contributed by atoms with E-state index in [1.807, 2.05) is 0 Å². The van der Waals surface area contributed by atoms with Gasteiger partial charge in [0.1, 0.15) is 11.4 Å². The van der Waals surface area contributed by atoms with Gasteiger partial charge in [0.2, 0.25) is 0 Å². The Bertz CT molecular complexity index is 604. The molecule has 1 fully saturated rings. The van der Waals surface area contributed by atoms with Crippen LogP contribution in [0.15, 0.2) is 24.3 Å². The van der Waals surface area contributed by atoms with Gasteiger partial charge in [0, 0.05) is 12.0 Å². The van der Waals surface area contributed by atoms with E-state index >= 15 is 0 Å². The summed E-state index contributed by atoms with van der Waals surface area (Å²) in [4.78, 5) is 11.0. The molecule has 1 saturated heterocycles. The first-order valence-electron chi connectivity index (χ1n) is 6.78. The summed E-state index contributed by atoms with van der Waals surface area (Å²) >= 11 is 0. The van der Waals surface area contributed by atoms with Crippen molar-refractivity contribution in [3.63, 3.8) is 0 Å². The maximum absolute atomic E-state index is 13.4. The minimum Gasteiger partial charge on any atom is -0.480 e. The SMILES string of the molecule is CC(C)(F)CC#Cc1cccc(OC2NNNC2C(=O)O)c1. The number of hydrogen-bond donors (Lipinski definition) is 4. The third-order valence-corrected chi connectivity index (χ3v) is 2.85. The second-order valence-electron chi connectivity index (χ2n) is 5.49. The molecule has 7 heteroatoms. The molecule has 1 heterocycles. The maximum atomic E-state index is 13.4. The van der Waals surface area contributed by atoms with E-state index in [0.29, 0.717) is 11.3 Å². The number of aliphatic carboxylic acids is 1. The monoisotopic (exact) mass is 307 g/mol. The largest absolute Gasteiger partial charge is 0.480 e. The van der Waals surface area contributed by atoms with E-state index in [9.17, 15) is 9.18 Å². The molecule has 2 unspecified atom stereocenters. The molecule has 0 aromatic heterocycles. The highest BCUT2D eigenvalue weighted by Gasteiger charge is 2.34. The summed E-state index contributed by atoms with van der Waals surface area (Å²) in [6.45, 7) is 2.94. The Hall–Kier alpha value is -2.14. The first-order valence-corrected chi connectivity index (χ1v) is 6.78. The molecule has 0 saturated carbocycles. The van der Waals surface area contributed by atoms with Crippen molar-refractivity contribution in [2.75, 3.05) is 0 Å². The van der Waals surface area contributed by atoms with Crippen molar-refractivity contribution in [2.45, 2.75) is 38.2 Å². The smallest absolute Gasteiger partial charge is 0.327 e. The van der Waals surface area contributed by atoms with Crippen molar-refractivity contribution in [2.24, 2.45) is 0 Å². The van der Waals surface area contributed by atoms with Crippen LogP contribution in [0.3, 0.4) is 0 Å². The van der Waals surface area contributed by atoms with Crippen LogP contribution in [0.5, 0.6) is 5.75 Å². The van der Waals surface area contributed by atoms with E-state index in [1.54, 1.807) is 24.3 Å². The summed E-state index contributed by atoms with van der Waals surface area (Å²) in [5.74, 6) is 5.07. The lowest BCUT2D eigenvalue weighted by atomic mass is 10.1. The number of rotatable bonds is 4. The molecular weight excluding hydrogens is 289 g/mol. The molecular formula is C15H18FN3O3. The molecule has 4 N–H and O–H groups in total. The number of alkyl halides is 1. The summed E-state index contributed by atoms with van der Waals surface area (Å²) in [6.07, 6.45) is -0.623. The van der Waals surface area contributed by atoms with Gasteiger partial charge in [-0.3, -0.25) is 4.79 Å². The van der Waals surface area contributed by atoms with Gasteiger partial charge < -0.3 is 9.84 Å². The van der Waals surface area contributed by atoms with Crippen LogP contribution in [0.2, 0.25) is 0 Å². The zero-order valence-corrected chi connectivity index (χ0v) is 12.3. The summed E-state index contributed by atoms with van der Waals surface area (Å²) < 4.78 is 18.9. The first-order chi connectivity index (χ1) is 10.3. The number of hydrazine groups is 2. The molecule has 6 nitrogen and oxygen atoms in total. The van der Waals surface area contributed by atoms with Gasteiger partial charge in [-0.2, -0.15) is 5.53 Å². The van der Waals surface area contributed by atoms with Crippen molar-refractivity contribution >= 4 is 5.97 Å². The van der Waals surface area contributed by atoms with Crippen LogP contribution in [-0.4, -0.2) is 29.0 Å². The lowest BCUT2D eigenvalue weighted by Gasteiger charge is -2.16. The Kier molecular flexibility index (Phi) is 4.98. The van der Waals surface area contributed by atoms with Crippen LogP contribution in [0.4, 0.5) is 4.39 Å². The topological polar surface area (TPSA) is 82.6 Å². The van der Waals surface area contributed by atoms with Gasteiger partial charge in [-0.15, -0.1) is 0 Å². The van der Waals surface area contributed by atoms with Crippen LogP contribution in [-0.2, 0) is 4.79 Å². The van der Waals surface area contributed by atoms with Crippen molar-refractivity contribution in [1.82, 2.24) is 16.4 Å². The van der Waals surface area contributed by atoms with Crippen LogP contribution in [0.25, 0.3) is 0 Å². The predicted molar refractivity (Wildman–Crippen MR) is 78.4 cm³/mol. The normalized spacial score (nSPS) is 21.0. The number of benzene rings is 1. The third kappa shape index (κ3) is 4.70. The molecule has 1 aliphatic heterocycles. The quantitative estimate of drug-likeness (QED) is 0.620. The molecule has 1 aromatic rings. The number of carbonyl (C=O) groups is 1. The highest BCUT2D eigenvalue weighted by molar-refractivity contribution is 5.74. The Morgan fingerprint density at radius 1 is 1.45 bits per heavy atom. The second-order valence-corrected chi connectivity index (χ2v) is 5.49. The Balaban J connectivity index is 2.04. The average molecular weight is 307 g/mol. The number of hydrogen-bond acceptors (Lipinski definition) is 5. The molecule has 0 amide bonds. The highest BCUT2D eigenvalue weighted by Crippen LogP contribution is 2.16. The lowest BCUT2D eigenvalue weighted by Crippen LogP contribution is -2.44. The van der Waals surface area contributed by atoms with Crippen LogP contribution >= 0.6 is 0 Å². The minimum absolute atomic E-state index is 0.136. The zero-order valence-electron chi connectivity index (χ0n) is 12.3. The van der Waals surface area contributed by atoms with Crippen molar-refractivity contribution in [3.05, 3.63) is 29.8 Å². The van der Waals surface area contributed by atoms with E-state index < -0.39 is 23.9 Å². The van der Waals surface area contributed by atoms with E-state index in [1.165, 1.54) is 13.8 Å². The third-order valence-electron chi connectivity index (χ3n) is 2.85. The maximum Gasteiger partial charge on any atom is 0.327 e. The molecule has 0 radical (unpaired) electrons. The fourth-order valence-corrected chi connectivity index (χ4v) is 1.79. The number of ether oxygens (including phenoxy) is 1. The number of carboxylic acid groups (broad SMARTS) is 1. The summed E-state index contributed by atoms with van der Waals surface area (Å²) in [7, 11) is 0. The van der Waals surface area contributed by atoms with Crippen molar-refractivity contribution in [1.29, 1.82) is 0 Å². The Labute approximate surface area is 128 Å². The fourth-order valence-electron chi connectivity index (χ4n) is 1.79. The van der Waals surface area contributed by atoms with Crippen molar-refractivity contribution in [3.8, 4) is 17.6 Å². The second kappa shape index (κ2) is 6.75. The van der Waals surface area contributed by atoms with Crippen LogP contribution in [0, 0.1) is 11.8 Å². The summed E-state index contributed by atoms with van der Waals surface area (Å²) in [5, 5.41) is 9.03. The van der Waals surface area contributed by atoms with Gasteiger partial charge in [-0.1, -0.05) is 17.9 Å². The molecule has 2 rings (SSSR count). The molecule has 0 bridgehead atoms. The molecule has 2 atom stereocenters. The molecule has 1 aliphatic rings. The van der Waals surface area contributed by atoms with Crippen LogP contribution in [0.1, 0.15) is 25.8 Å². The molecule has 0 aliphatic carbocycles. The molecule has 0 spiro atoms. The number of nitrogens with one attached hydrogen (secondary N) is 3. The fraction of sp³-hybridized carbons (Fsp3) is 0.400. The molecule has 118 valence electrons. The van der Waals surface area contributed by atoms with Gasteiger partial charge in [0.15, 0.2) is 12.3 Å². The summed E-state index contributed by atoms with van der Waals surface area (Å²) in [6, 6.07) is 5.98. The van der Waals surface area contributed by atoms with E-state index in [4.69, 9.17) is 9.84 Å². The molecule has 22 heavy (non-hydrogen) atoms. The Morgan fingerprint density at radius 2 is 2.23 bits per heavy atom. The number of carboxylic acids is 1. The van der Waals surface area contributed by atoms with Crippen LogP contribution < -0.4 is 21.1 Å². The zero-order chi connectivity index (χ0) is 16.2. The van der Waals surface area contributed by atoms with Gasteiger partial charge in [0.25, 0.3) is 0 Å². The predicted octanol–water partition coefficient (Wildman–Crippen LogP) is 0.947. The Morgan fingerprint density at radius 3 is 2.91 bits per heavy atom. The summed E-state index contributed by atoms with van der Waals surface area (Å²) in [5.41, 5.74) is 7.06. The van der Waals surface area contributed by atoms with Gasteiger partial charge >= 0.3 is 5.97 Å². The van der Waals surface area contributed by atoms with Gasteiger partial charge in [0.05, 0.1) is 0 Å². The van der Waals surface area contributed by atoms with E-state index in [2.05, 4.69) is 28.2 Å². The number of halogens is 1. The van der Waals surface area contributed by atoms with Gasteiger partial charge in [-0.25, -0.2) is 15.2 Å².